The summed E-state index contributed by atoms with van der Waals surface area (Å²) in [5.74, 6) is 0.661. The molecule has 3 heterocycles. The number of benzene rings is 2. The van der Waals surface area contributed by atoms with Crippen molar-refractivity contribution in [1.29, 1.82) is 0 Å². The third-order valence-electron chi connectivity index (χ3n) is 4.44. The van der Waals surface area contributed by atoms with Crippen molar-refractivity contribution in [3.05, 3.63) is 87.9 Å². The number of aromatic nitrogens is 5. The highest BCUT2D eigenvalue weighted by Crippen LogP contribution is 2.26. The lowest BCUT2D eigenvalue weighted by Gasteiger charge is -2.09. The van der Waals surface area contributed by atoms with E-state index in [0.29, 0.717) is 28.0 Å². The Morgan fingerprint density at radius 2 is 1.62 bits per heavy atom. The molecule has 0 atom stereocenters. The second-order valence-corrected chi connectivity index (χ2v) is 7.16. The van der Waals surface area contributed by atoms with E-state index in [1.807, 2.05) is 42.5 Å². The molecule has 5 aromatic rings. The molecular formula is C21H12BrN5O2. The number of rotatable bonds is 3. The molecule has 0 aliphatic rings. The van der Waals surface area contributed by atoms with Gasteiger partial charge in [0.05, 0.1) is 11.1 Å². The largest absolute Gasteiger partial charge is 0.332 e. The minimum atomic E-state index is -0.222. The van der Waals surface area contributed by atoms with Gasteiger partial charge in [0.2, 0.25) is 5.82 Å². The normalized spacial score (nSPS) is 11.1. The first-order valence-electron chi connectivity index (χ1n) is 8.73. The van der Waals surface area contributed by atoms with Crippen LogP contribution in [0.2, 0.25) is 0 Å². The second-order valence-electron chi connectivity index (χ2n) is 6.25. The number of hydrogen-bond donors (Lipinski definition) is 0. The molecule has 2 aromatic carbocycles. The van der Waals surface area contributed by atoms with E-state index in [2.05, 4.69) is 36.2 Å². The van der Waals surface area contributed by atoms with E-state index < -0.39 is 0 Å². The zero-order chi connectivity index (χ0) is 19.8. The molecule has 0 fully saturated rings. The minimum absolute atomic E-state index is 0.222. The zero-order valence-corrected chi connectivity index (χ0v) is 16.4. The van der Waals surface area contributed by atoms with Crippen LogP contribution in [0, 0.1) is 0 Å². The van der Waals surface area contributed by atoms with Crippen molar-refractivity contribution in [3.8, 4) is 28.7 Å². The van der Waals surface area contributed by atoms with Gasteiger partial charge in [-0.2, -0.15) is 14.8 Å². The highest BCUT2D eigenvalue weighted by molar-refractivity contribution is 9.10. The Morgan fingerprint density at radius 3 is 2.38 bits per heavy atom. The van der Waals surface area contributed by atoms with E-state index in [9.17, 15) is 4.79 Å². The van der Waals surface area contributed by atoms with Crippen molar-refractivity contribution >= 4 is 26.7 Å². The van der Waals surface area contributed by atoms with Gasteiger partial charge in [0, 0.05) is 27.8 Å². The Hall–Kier alpha value is -3.65. The predicted molar refractivity (Wildman–Crippen MR) is 112 cm³/mol. The Morgan fingerprint density at radius 1 is 0.897 bits per heavy atom. The van der Waals surface area contributed by atoms with Crippen LogP contribution in [0.5, 0.6) is 0 Å². The summed E-state index contributed by atoms with van der Waals surface area (Å²) >= 11 is 3.41. The Bertz CT molecular complexity index is 1380. The molecule has 8 heteroatoms. The van der Waals surface area contributed by atoms with Gasteiger partial charge < -0.3 is 4.52 Å². The average Bonchev–Trinajstić information content (AvgIpc) is 3.26. The molecule has 7 nitrogen and oxygen atoms in total. The molecule has 0 spiro atoms. The smallest absolute Gasteiger partial charge is 0.279 e. The third-order valence-corrected chi connectivity index (χ3v) is 4.97. The van der Waals surface area contributed by atoms with E-state index in [1.54, 1.807) is 30.6 Å². The van der Waals surface area contributed by atoms with Crippen molar-refractivity contribution in [3.63, 3.8) is 0 Å². The molecule has 0 saturated heterocycles. The molecule has 140 valence electrons. The molecule has 0 unspecified atom stereocenters. The molecule has 3 aromatic heterocycles. The van der Waals surface area contributed by atoms with Crippen LogP contribution in [0.4, 0.5) is 0 Å². The Balaban J connectivity index is 1.74. The van der Waals surface area contributed by atoms with Crippen molar-refractivity contribution in [1.82, 2.24) is 24.9 Å². The van der Waals surface area contributed by atoms with Gasteiger partial charge in [-0.05, 0) is 42.5 Å². The number of nitrogens with zero attached hydrogens (tertiary/aromatic N) is 5. The van der Waals surface area contributed by atoms with Gasteiger partial charge in [-0.15, -0.1) is 0 Å². The Kier molecular flexibility index (Phi) is 4.25. The second kappa shape index (κ2) is 7.06. The number of halogens is 1. The van der Waals surface area contributed by atoms with Gasteiger partial charge in [-0.25, -0.2) is 0 Å². The predicted octanol–water partition coefficient (Wildman–Crippen LogP) is 4.26. The molecule has 0 saturated carbocycles. The summed E-state index contributed by atoms with van der Waals surface area (Å²) in [6.07, 6.45) is 3.32. The first-order chi connectivity index (χ1) is 14.2. The summed E-state index contributed by atoms with van der Waals surface area (Å²) in [5, 5.41) is 9.78. The van der Waals surface area contributed by atoms with Crippen LogP contribution in [-0.4, -0.2) is 24.9 Å². The lowest BCUT2D eigenvalue weighted by atomic mass is 10.1. The summed E-state index contributed by atoms with van der Waals surface area (Å²) in [6, 6.07) is 18.2. The van der Waals surface area contributed by atoms with E-state index in [-0.39, 0.29) is 11.4 Å². The van der Waals surface area contributed by atoms with Crippen molar-refractivity contribution in [2.24, 2.45) is 0 Å². The fraction of sp³-hybridized carbons (Fsp3) is 0. The lowest BCUT2D eigenvalue weighted by Crippen LogP contribution is -2.22. The molecule has 0 aliphatic heterocycles. The maximum atomic E-state index is 13.0. The van der Waals surface area contributed by atoms with Gasteiger partial charge in [0.1, 0.15) is 0 Å². The highest BCUT2D eigenvalue weighted by atomic mass is 79.9. The summed E-state index contributed by atoms with van der Waals surface area (Å²) in [5.41, 5.74) is 1.64. The van der Waals surface area contributed by atoms with E-state index in [1.165, 1.54) is 4.68 Å². The fourth-order valence-corrected chi connectivity index (χ4v) is 3.31. The molecule has 0 radical (unpaired) electrons. The van der Waals surface area contributed by atoms with Gasteiger partial charge in [0.15, 0.2) is 5.69 Å². The summed E-state index contributed by atoms with van der Waals surface area (Å²) in [7, 11) is 0. The number of pyridine rings is 1. The Labute approximate surface area is 172 Å². The van der Waals surface area contributed by atoms with Gasteiger partial charge in [-0.1, -0.05) is 39.3 Å². The third kappa shape index (κ3) is 3.13. The zero-order valence-electron chi connectivity index (χ0n) is 14.9. The standard InChI is InChI=1S/C21H12BrN5O2/c22-14-5-7-15(8-6-14)27-21(28)17-4-2-1-3-16(17)18(25-27)20-24-19(26-29-20)13-9-11-23-12-10-13/h1-12H. The number of hydrogen-bond acceptors (Lipinski definition) is 6. The molecule has 29 heavy (non-hydrogen) atoms. The van der Waals surface area contributed by atoms with Crippen LogP contribution in [0.3, 0.4) is 0 Å². The van der Waals surface area contributed by atoms with Crippen molar-refractivity contribution in [2.75, 3.05) is 0 Å². The maximum Gasteiger partial charge on any atom is 0.279 e. The molecule has 0 aliphatic carbocycles. The van der Waals surface area contributed by atoms with E-state index >= 15 is 0 Å². The molecular weight excluding hydrogens is 434 g/mol. The monoisotopic (exact) mass is 445 g/mol. The number of fused-ring (bicyclic) bond motifs is 1. The van der Waals surface area contributed by atoms with Crippen LogP contribution in [0.25, 0.3) is 39.4 Å². The van der Waals surface area contributed by atoms with Crippen LogP contribution >= 0.6 is 15.9 Å². The maximum absolute atomic E-state index is 13.0. The molecule has 0 amide bonds. The quantitative estimate of drug-likeness (QED) is 0.412. The van der Waals surface area contributed by atoms with Crippen molar-refractivity contribution < 1.29 is 4.52 Å². The molecule has 5 rings (SSSR count). The lowest BCUT2D eigenvalue weighted by molar-refractivity contribution is 0.430. The van der Waals surface area contributed by atoms with Crippen LogP contribution in [0.1, 0.15) is 0 Å². The summed E-state index contributed by atoms with van der Waals surface area (Å²) < 4.78 is 7.76. The van der Waals surface area contributed by atoms with E-state index in [0.717, 1.165) is 10.0 Å². The minimum Gasteiger partial charge on any atom is -0.332 e. The van der Waals surface area contributed by atoms with Gasteiger partial charge in [-0.3, -0.25) is 9.78 Å². The molecule has 0 bridgehead atoms. The summed E-state index contributed by atoms with van der Waals surface area (Å²) in [6.45, 7) is 0. The highest BCUT2D eigenvalue weighted by Gasteiger charge is 2.18. The topological polar surface area (TPSA) is 86.7 Å². The molecule has 0 N–H and O–H groups in total. The van der Waals surface area contributed by atoms with E-state index in [4.69, 9.17) is 4.52 Å². The van der Waals surface area contributed by atoms with Crippen LogP contribution in [0.15, 0.2) is 86.8 Å². The fourth-order valence-electron chi connectivity index (χ4n) is 3.04. The van der Waals surface area contributed by atoms with Crippen LogP contribution < -0.4 is 5.56 Å². The van der Waals surface area contributed by atoms with Crippen LogP contribution in [-0.2, 0) is 0 Å². The first kappa shape index (κ1) is 17.4. The first-order valence-corrected chi connectivity index (χ1v) is 9.52. The van der Waals surface area contributed by atoms with Gasteiger partial charge >= 0.3 is 0 Å². The SMILES string of the molecule is O=c1c2ccccc2c(-c2nc(-c3ccncc3)no2)nn1-c1ccc(Br)cc1. The average molecular weight is 446 g/mol. The van der Waals surface area contributed by atoms with Crippen molar-refractivity contribution in [2.45, 2.75) is 0 Å². The summed E-state index contributed by atoms with van der Waals surface area (Å²) in [4.78, 5) is 21.5. The van der Waals surface area contributed by atoms with Gasteiger partial charge in [0.25, 0.3) is 11.4 Å².